The van der Waals surface area contributed by atoms with Crippen molar-refractivity contribution in [3.8, 4) is 0 Å². The number of carboxylic acids is 2. The number of ether oxygens (including phenoxy) is 1. The summed E-state index contributed by atoms with van der Waals surface area (Å²) in [6.45, 7) is 2.02. The van der Waals surface area contributed by atoms with Gasteiger partial charge in [-0.25, -0.2) is 9.59 Å². The third-order valence-corrected chi connectivity index (χ3v) is 2.72. The van der Waals surface area contributed by atoms with Crippen LogP contribution in [0.5, 0.6) is 0 Å². The van der Waals surface area contributed by atoms with Crippen molar-refractivity contribution in [3.63, 3.8) is 0 Å². The van der Waals surface area contributed by atoms with E-state index in [4.69, 9.17) is 24.5 Å². The number of hydrogen-bond donors (Lipinski definition) is 3. The number of morpholine rings is 1. The average molecular weight is 321 g/mol. The molecule has 1 heterocycles. The molecule has 0 amide bonds. The molecule has 0 radical (unpaired) electrons. The van der Waals surface area contributed by atoms with Crippen LogP contribution in [0.3, 0.4) is 0 Å². The zero-order valence-electron chi connectivity index (χ0n) is 11.3. The van der Waals surface area contributed by atoms with Gasteiger partial charge in [0, 0.05) is 13.1 Å². The molecule has 1 aromatic rings. The van der Waals surface area contributed by atoms with Gasteiger partial charge in [0.05, 0.1) is 18.3 Å². The van der Waals surface area contributed by atoms with Crippen molar-refractivity contribution < 1.29 is 37.7 Å². The van der Waals surface area contributed by atoms with Gasteiger partial charge < -0.3 is 20.3 Å². The third-order valence-electron chi connectivity index (χ3n) is 2.72. The molecular weight excluding hydrogens is 307 g/mol. The Balaban J connectivity index is 0.000000346. The van der Waals surface area contributed by atoms with Crippen molar-refractivity contribution >= 4 is 11.9 Å². The lowest BCUT2D eigenvalue weighted by molar-refractivity contribution is -0.159. The smallest absolute Gasteiger partial charge is 0.416 e. The third kappa shape index (κ3) is 5.70. The first-order chi connectivity index (χ1) is 10.2. The molecule has 0 aliphatic carbocycles. The van der Waals surface area contributed by atoms with E-state index in [2.05, 4.69) is 5.32 Å². The van der Waals surface area contributed by atoms with Gasteiger partial charge in [0.15, 0.2) is 0 Å². The van der Waals surface area contributed by atoms with Gasteiger partial charge in [-0.2, -0.15) is 13.2 Å². The van der Waals surface area contributed by atoms with Crippen LogP contribution in [0.2, 0.25) is 0 Å². The lowest BCUT2D eigenvalue weighted by Crippen LogP contribution is -2.33. The van der Waals surface area contributed by atoms with E-state index in [0.29, 0.717) is 13.2 Å². The predicted octanol–water partition coefficient (Wildman–Crippen LogP) is 1.52. The van der Waals surface area contributed by atoms with Crippen LogP contribution in [0.4, 0.5) is 13.2 Å². The number of hydrogen-bond acceptors (Lipinski definition) is 4. The van der Waals surface area contributed by atoms with Gasteiger partial charge in [0.1, 0.15) is 0 Å². The molecular formula is C13H14F3NO5. The summed E-state index contributed by atoms with van der Waals surface area (Å²) < 4.78 is 42.4. The Hall–Kier alpha value is -2.13. The quantitative estimate of drug-likeness (QED) is 0.679. The summed E-state index contributed by atoms with van der Waals surface area (Å²) in [6.07, 6.45) is -4.42. The van der Waals surface area contributed by atoms with E-state index >= 15 is 0 Å². The van der Waals surface area contributed by atoms with Crippen LogP contribution < -0.4 is 5.32 Å². The van der Waals surface area contributed by atoms with Crippen LogP contribution in [0.1, 0.15) is 17.2 Å². The molecule has 0 bridgehead atoms. The summed E-state index contributed by atoms with van der Waals surface area (Å²) in [7, 11) is 0. The fourth-order valence-electron chi connectivity index (χ4n) is 1.67. The van der Waals surface area contributed by atoms with E-state index in [-0.39, 0.29) is 6.10 Å². The van der Waals surface area contributed by atoms with Gasteiger partial charge >= 0.3 is 18.1 Å². The number of rotatable bonds is 1. The monoisotopic (exact) mass is 321 g/mol. The molecule has 122 valence electrons. The van der Waals surface area contributed by atoms with E-state index in [1.807, 2.05) is 0 Å². The number of benzene rings is 1. The molecule has 1 atom stereocenters. The molecule has 0 aromatic heterocycles. The predicted molar refractivity (Wildman–Crippen MR) is 68.3 cm³/mol. The fraction of sp³-hybridized carbons (Fsp3) is 0.385. The molecule has 0 saturated carbocycles. The SMILES string of the molecule is FC(F)(F)c1ccc(C2CNCCO2)cc1.O=C(O)C(=O)O. The first kappa shape index (κ1) is 17.9. The molecule has 1 saturated heterocycles. The molecule has 1 aliphatic heterocycles. The zero-order valence-corrected chi connectivity index (χ0v) is 11.3. The van der Waals surface area contributed by atoms with Gasteiger partial charge in [-0.3, -0.25) is 0 Å². The number of carboxylic acid groups (broad SMARTS) is 2. The van der Waals surface area contributed by atoms with Gasteiger partial charge in [0.2, 0.25) is 0 Å². The molecule has 2 rings (SSSR count). The van der Waals surface area contributed by atoms with E-state index in [1.54, 1.807) is 0 Å². The summed E-state index contributed by atoms with van der Waals surface area (Å²) in [6, 6.07) is 5.13. The Labute approximate surface area is 123 Å². The summed E-state index contributed by atoms with van der Waals surface area (Å²) in [5.74, 6) is -3.65. The van der Waals surface area contributed by atoms with Crippen molar-refractivity contribution in [3.05, 3.63) is 35.4 Å². The van der Waals surface area contributed by atoms with E-state index in [0.717, 1.165) is 24.2 Å². The van der Waals surface area contributed by atoms with Gasteiger partial charge in [-0.1, -0.05) is 12.1 Å². The first-order valence-electron chi connectivity index (χ1n) is 6.17. The van der Waals surface area contributed by atoms with Gasteiger partial charge in [-0.05, 0) is 17.7 Å². The molecule has 6 nitrogen and oxygen atoms in total. The molecule has 22 heavy (non-hydrogen) atoms. The van der Waals surface area contributed by atoms with Gasteiger partial charge in [0.25, 0.3) is 0 Å². The summed E-state index contributed by atoms with van der Waals surface area (Å²) in [4.78, 5) is 18.2. The molecule has 3 N–H and O–H groups in total. The number of alkyl halides is 3. The van der Waals surface area contributed by atoms with E-state index in [9.17, 15) is 13.2 Å². The molecule has 1 aliphatic rings. The van der Waals surface area contributed by atoms with Crippen LogP contribution in [0.25, 0.3) is 0 Å². The summed E-state index contributed by atoms with van der Waals surface area (Å²) in [5, 5.41) is 17.9. The molecule has 1 aromatic carbocycles. The van der Waals surface area contributed by atoms with Crippen molar-refractivity contribution in [1.82, 2.24) is 5.32 Å². The summed E-state index contributed by atoms with van der Waals surface area (Å²) in [5.41, 5.74) is 0.153. The molecule has 0 spiro atoms. The Morgan fingerprint density at radius 3 is 2.05 bits per heavy atom. The first-order valence-corrected chi connectivity index (χ1v) is 6.17. The standard InChI is InChI=1S/C11H12F3NO.C2H2O4/c12-11(13,14)9-3-1-8(2-4-9)10-7-15-5-6-16-10;3-1(4)2(5)6/h1-4,10,15H,5-7H2;(H,3,4)(H,5,6). The van der Waals surface area contributed by atoms with Crippen LogP contribution in [-0.2, 0) is 20.5 Å². The van der Waals surface area contributed by atoms with Crippen LogP contribution in [-0.4, -0.2) is 41.8 Å². The number of carbonyl (C=O) groups is 2. The largest absolute Gasteiger partial charge is 0.473 e. The molecule has 1 unspecified atom stereocenters. The van der Waals surface area contributed by atoms with Crippen molar-refractivity contribution in [2.45, 2.75) is 12.3 Å². The van der Waals surface area contributed by atoms with E-state index < -0.39 is 23.7 Å². The number of nitrogens with one attached hydrogen (secondary N) is 1. The van der Waals surface area contributed by atoms with Crippen molar-refractivity contribution in [2.24, 2.45) is 0 Å². The number of halogens is 3. The maximum absolute atomic E-state index is 12.3. The highest BCUT2D eigenvalue weighted by atomic mass is 19.4. The Kier molecular flexibility index (Phi) is 6.32. The minimum absolute atomic E-state index is 0.143. The number of aliphatic carboxylic acids is 2. The Morgan fingerprint density at radius 1 is 1.14 bits per heavy atom. The summed E-state index contributed by atoms with van der Waals surface area (Å²) >= 11 is 0. The van der Waals surface area contributed by atoms with E-state index in [1.165, 1.54) is 12.1 Å². The second-order valence-corrected chi connectivity index (χ2v) is 4.29. The normalized spacial score (nSPS) is 18.0. The van der Waals surface area contributed by atoms with Crippen LogP contribution >= 0.6 is 0 Å². The second kappa shape index (κ2) is 7.76. The zero-order chi connectivity index (χ0) is 16.8. The molecule has 9 heteroatoms. The topological polar surface area (TPSA) is 95.9 Å². The minimum Gasteiger partial charge on any atom is -0.473 e. The fourth-order valence-corrected chi connectivity index (χ4v) is 1.67. The average Bonchev–Trinajstić information content (AvgIpc) is 2.48. The molecule has 1 fully saturated rings. The highest BCUT2D eigenvalue weighted by Gasteiger charge is 2.30. The van der Waals surface area contributed by atoms with Crippen molar-refractivity contribution in [2.75, 3.05) is 19.7 Å². The van der Waals surface area contributed by atoms with Crippen molar-refractivity contribution in [1.29, 1.82) is 0 Å². The Bertz CT molecular complexity index is 497. The maximum Gasteiger partial charge on any atom is 0.416 e. The van der Waals surface area contributed by atoms with Crippen LogP contribution in [0, 0.1) is 0 Å². The second-order valence-electron chi connectivity index (χ2n) is 4.29. The minimum atomic E-state index is -4.27. The lowest BCUT2D eigenvalue weighted by Gasteiger charge is -2.24. The Morgan fingerprint density at radius 2 is 1.68 bits per heavy atom. The van der Waals surface area contributed by atoms with Crippen LogP contribution in [0.15, 0.2) is 24.3 Å². The highest BCUT2D eigenvalue weighted by molar-refractivity contribution is 6.27. The lowest BCUT2D eigenvalue weighted by atomic mass is 10.1. The highest BCUT2D eigenvalue weighted by Crippen LogP contribution is 2.30. The maximum atomic E-state index is 12.3. The van der Waals surface area contributed by atoms with Gasteiger partial charge in [-0.15, -0.1) is 0 Å².